The molecule has 3 N–H and O–H groups in total. The van der Waals surface area contributed by atoms with Crippen LogP contribution in [0.5, 0.6) is 0 Å². The van der Waals surface area contributed by atoms with Gasteiger partial charge < -0.3 is 11.1 Å². The molecule has 0 radical (unpaired) electrons. The minimum Gasteiger partial charge on any atom is -0.389 e. The van der Waals surface area contributed by atoms with E-state index in [0.29, 0.717) is 10.0 Å². The fourth-order valence-corrected chi connectivity index (χ4v) is 2.71. The Morgan fingerprint density at radius 1 is 1.39 bits per heavy atom. The fourth-order valence-electron chi connectivity index (χ4n) is 1.65. The molecule has 0 amide bonds. The first-order chi connectivity index (χ1) is 8.66. The molecule has 0 aliphatic heterocycles. The third-order valence-corrected chi connectivity index (χ3v) is 3.91. The number of anilines is 1. The summed E-state index contributed by atoms with van der Waals surface area (Å²) in [6, 6.07) is 9.67. The molecule has 0 aliphatic carbocycles. The lowest BCUT2D eigenvalue weighted by Crippen LogP contribution is -2.14. The van der Waals surface area contributed by atoms with Gasteiger partial charge in [0.25, 0.3) is 0 Å². The predicted octanol–water partition coefficient (Wildman–Crippen LogP) is 3.69. The monoisotopic (exact) mass is 296 g/mol. The first kappa shape index (κ1) is 13.3. The quantitative estimate of drug-likeness (QED) is 0.827. The van der Waals surface area contributed by atoms with Gasteiger partial charge in [-0.2, -0.15) is 0 Å². The summed E-state index contributed by atoms with van der Waals surface area (Å²) >= 11 is 12.8. The Balaban J connectivity index is 2.03. The zero-order chi connectivity index (χ0) is 13.0. The van der Waals surface area contributed by atoms with Crippen molar-refractivity contribution in [3.8, 4) is 0 Å². The van der Waals surface area contributed by atoms with Gasteiger partial charge in [0, 0.05) is 27.7 Å². The Bertz CT molecular complexity index is 538. The average molecular weight is 297 g/mol. The lowest BCUT2D eigenvalue weighted by molar-refractivity contribution is 1.04. The summed E-state index contributed by atoms with van der Waals surface area (Å²) in [5.74, 6) is 0. The van der Waals surface area contributed by atoms with E-state index in [1.54, 1.807) is 17.4 Å². The molecular formula is C13H13ClN2S2. The van der Waals surface area contributed by atoms with Crippen LogP contribution >= 0.6 is 35.2 Å². The molecule has 1 aromatic heterocycles. The van der Waals surface area contributed by atoms with Crippen molar-refractivity contribution in [2.45, 2.75) is 6.42 Å². The van der Waals surface area contributed by atoms with Crippen LogP contribution in [0.2, 0.25) is 5.02 Å². The summed E-state index contributed by atoms with van der Waals surface area (Å²) < 4.78 is 0. The van der Waals surface area contributed by atoms with Crippen molar-refractivity contribution in [2.24, 2.45) is 5.73 Å². The number of rotatable bonds is 5. The van der Waals surface area contributed by atoms with Crippen LogP contribution in [0.3, 0.4) is 0 Å². The molecule has 2 aromatic rings. The predicted molar refractivity (Wildman–Crippen MR) is 83.9 cm³/mol. The van der Waals surface area contributed by atoms with Gasteiger partial charge in [0.2, 0.25) is 0 Å². The highest BCUT2D eigenvalue weighted by Crippen LogP contribution is 2.21. The Morgan fingerprint density at radius 3 is 2.89 bits per heavy atom. The van der Waals surface area contributed by atoms with Crippen LogP contribution in [0, 0.1) is 0 Å². The minimum absolute atomic E-state index is 0.380. The van der Waals surface area contributed by atoms with Crippen LogP contribution in [0.15, 0.2) is 35.7 Å². The van der Waals surface area contributed by atoms with Gasteiger partial charge in [-0.3, -0.25) is 0 Å². The molecule has 18 heavy (non-hydrogen) atoms. The number of hydrogen-bond acceptors (Lipinski definition) is 3. The molecule has 2 nitrogen and oxygen atoms in total. The Hall–Kier alpha value is -1.10. The summed E-state index contributed by atoms with van der Waals surface area (Å²) in [6.07, 6.45) is 0.973. The number of halogens is 1. The lowest BCUT2D eigenvalue weighted by atomic mass is 10.1. The SMILES string of the molecule is NC(=S)c1ccc(Cl)cc1NCCc1cccs1. The molecule has 94 valence electrons. The van der Waals surface area contributed by atoms with Crippen LogP contribution in [-0.2, 0) is 6.42 Å². The number of benzene rings is 1. The van der Waals surface area contributed by atoms with Crippen molar-refractivity contribution in [2.75, 3.05) is 11.9 Å². The van der Waals surface area contributed by atoms with Gasteiger partial charge in [-0.1, -0.05) is 29.9 Å². The van der Waals surface area contributed by atoms with E-state index >= 15 is 0 Å². The molecule has 5 heteroatoms. The van der Waals surface area contributed by atoms with E-state index in [9.17, 15) is 0 Å². The van der Waals surface area contributed by atoms with Crippen molar-refractivity contribution < 1.29 is 0 Å². The second-order valence-electron chi connectivity index (χ2n) is 3.81. The molecule has 0 saturated carbocycles. The number of thiophene rings is 1. The number of hydrogen-bond donors (Lipinski definition) is 2. The van der Waals surface area contributed by atoms with Crippen LogP contribution in [-0.4, -0.2) is 11.5 Å². The van der Waals surface area contributed by atoms with E-state index in [-0.39, 0.29) is 0 Å². The van der Waals surface area contributed by atoms with Crippen molar-refractivity contribution in [3.05, 3.63) is 51.2 Å². The molecule has 2 rings (SSSR count). The van der Waals surface area contributed by atoms with Gasteiger partial charge in [0.15, 0.2) is 0 Å². The van der Waals surface area contributed by atoms with Gasteiger partial charge in [-0.15, -0.1) is 11.3 Å². The van der Waals surface area contributed by atoms with Gasteiger partial charge in [0.05, 0.1) is 0 Å². The van der Waals surface area contributed by atoms with Crippen LogP contribution in [0.25, 0.3) is 0 Å². The molecule has 0 spiro atoms. The highest BCUT2D eigenvalue weighted by molar-refractivity contribution is 7.80. The minimum atomic E-state index is 0.380. The smallest absolute Gasteiger partial charge is 0.106 e. The molecule has 1 heterocycles. The van der Waals surface area contributed by atoms with E-state index < -0.39 is 0 Å². The van der Waals surface area contributed by atoms with Crippen molar-refractivity contribution in [3.63, 3.8) is 0 Å². The van der Waals surface area contributed by atoms with Gasteiger partial charge in [0.1, 0.15) is 4.99 Å². The van der Waals surface area contributed by atoms with E-state index in [2.05, 4.69) is 22.8 Å². The summed E-state index contributed by atoms with van der Waals surface area (Å²) in [5, 5.41) is 6.08. The molecule has 0 atom stereocenters. The Morgan fingerprint density at radius 2 is 2.22 bits per heavy atom. The zero-order valence-electron chi connectivity index (χ0n) is 9.65. The van der Waals surface area contributed by atoms with Crippen molar-refractivity contribution in [1.29, 1.82) is 0 Å². The zero-order valence-corrected chi connectivity index (χ0v) is 12.0. The number of nitrogens with one attached hydrogen (secondary N) is 1. The van der Waals surface area contributed by atoms with Crippen LogP contribution < -0.4 is 11.1 Å². The maximum absolute atomic E-state index is 5.98. The average Bonchev–Trinajstić information content (AvgIpc) is 2.82. The standard InChI is InChI=1S/C13H13ClN2S2/c14-9-3-4-11(13(15)17)12(8-9)16-6-5-10-2-1-7-18-10/h1-4,7-8,16H,5-6H2,(H2,15,17). The van der Waals surface area contributed by atoms with Gasteiger partial charge >= 0.3 is 0 Å². The van der Waals surface area contributed by atoms with Crippen molar-refractivity contribution in [1.82, 2.24) is 0 Å². The first-order valence-corrected chi connectivity index (χ1v) is 7.19. The highest BCUT2D eigenvalue weighted by Gasteiger charge is 2.05. The summed E-state index contributed by atoms with van der Waals surface area (Å²) in [4.78, 5) is 1.73. The first-order valence-electron chi connectivity index (χ1n) is 5.52. The molecule has 0 unspecified atom stereocenters. The van der Waals surface area contributed by atoms with E-state index in [1.165, 1.54) is 4.88 Å². The molecule has 0 saturated heterocycles. The fraction of sp³-hybridized carbons (Fsp3) is 0.154. The third-order valence-electron chi connectivity index (χ3n) is 2.51. The summed E-state index contributed by atoms with van der Waals surface area (Å²) in [5.41, 5.74) is 7.41. The number of thiocarbonyl (C=S) groups is 1. The molecular weight excluding hydrogens is 284 g/mol. The van der Waals surface area contributed by atoms with E-state index in [4.69, 9.17) is 29.6 Å². The molecule has 1 aromatic carbocycles. The Kier molecular flexibility index (Phi) is 4.58. The summed E-state index contributed by atoms with van der Waals surface area (Å²) in [7, 11) is 0. The Labute approximate surface area is 121 Å². The van der Waals surface area contributed by atoms with E-state index in [0.717, 1.165) is 24.2 Å². The topological polar surface area (TPSA) is 38.0 Å². The highest BCUT2D eigenvalue weighted by atomic mass is 35.5. The third kappa shape index (κ3) is 3.45. The molecule has 0 fully saturated rings. The maximum Gasteiger partial charge on any atom is 0.106 e. The van der Waals surface area contributed by atoms with Crippen LogP contribution in [0.4, 0.5) is 5.69 Å². The second-order valence-corrected chi connectivity index (χ2v) is 5.72. The number of nitrogens with two attached hydrogens (primary N) is 1. The molecule has 0 aliphatic rings. The molecule has 0 bridgehead atoms. The van der Waals surface area contributed by atoms with Crippen molar-refractivity contribution >= 4 is 45.8 Å². The largest absolute Gasteiger partial charge is 0.389 e. The maximum atomic E-state index is 5.98. The summed E-state index contributed by atoms with van der Waals surface area (Å²) in [6.45, 7) is 0.830. The second kappa shape index (κ2) is 6.18. The lowest BCUT2D eigenvalue weighted by Gasteiger charge is -2.11. The van der Waals surface area contributed by atoms with Gasteiger partial charge in [-0.25, -0.2) is 0 Å². The normalized spacial score (nSPS) is 10.3. The van der Waals surface area contributed by atoms with Crippen LogP contribution in [0.1, 0.15) is 10.4 Å². The van der Waals surface area contributed by atoms with E-state index in [1.807, 2.05) is 12.1 Å². The van der Waals surface area contributed by atoms with Gasteiger partial charge in [-0.05, 0) is 36.1 Å².